The molecule has 1 saturated heterocycles. The van der Waals surface area contributed by atoms with E-state index < -0.39 is 5.54 Å². The van der Waals surface area contributed by atoms with E-state index in [1.807, 2.05) is 30.5 Å². The molecule has 1 aliphatic heterocycles. The predicted octanol–water partition coefficient (Wildman–Crippen LogP) is 6.08. The van der Waals surface area contributed by atoms with Crippen LogP contribution in [-0.4, -0.2) is 58.0 Å². The molecule has 1 aromatic heterocycles. The molecule has 3 aromatic rings. The summed E-state index contributed by atoms with van der Waals surface area (Å²) in [7, 11) is 1.80. The minimum absolute atomic E-state index is 0.110. The smallest absolute Gasteiger partial charge is 0.264 e. The molecule has 2 aromatic carbocycles. The Morgan fingerprint density at radius 1 is 1.16 bits per heavy atom. The molecule has 2 heterocycles. The van der Waals surface area contributed by atoms with Gasteiger partial charge in [0.15, 0.2) is 0 Å². The van der Waals surface area contributed by atoms with Gasteiger partial charge >= 0.3 is 0 Å². The Morgan fingerprint density at radius 2 is 1.86 bits per heavy atom. The van der Waals surface area contributed by atoms with E-state index in [4.69, 9.17) is 16.6 Å². The molecule has 44 heavy (non-hydrogen) atoms. The molecule has 234 valence electrons. The summed E-state index contributed by atoms with van der Waals surface area (Å²) in [5.74, 6) is -0.176. The minimum atomic E-state index is -0.507. The number of likely N-dealkylation sites (tertiary alicyclic amines) is 1. The van der Waals surface area contributed by atoms with Gasteiger partial charge in [0.25, 0.3) is 11.8 Å². The molecule has 0 bridgehead atoms. The van der Waals surface area contributed by atoms with Crippen molar-refractivity contribution in [3.63, 3.8) is 0 Å². The molecular formula is C34H44ClN7O2. The zero-order valence-corrected chi connectivity index (χ0v) is 27.5. The average Bonchev–Trinajstić information content (AvgIpc) is 3.35. The number of benzene rings is 2. The molecule has 0 saturated carbocycles. The van der Waals surface area contributed by atoms with Gasteiger partial charge in [-0.2, -0.15) is 5.26 Å². The molecular weight excluding hydrogens is 574 g/mol. The van der Waals surface area contributed by atoms with Gasteiger partial charge in [-0.25, -0.2) is 4.98 Å². The number of likely N-dealkylation sites (N-methyl/N-ethyl adjacent to an activating group) is 1. The number of hydrogen-bond acceptors (Lipinski definition) is 6. The van der Waals surface area contributed by atoms with Gasteiger partial charge in [-0.1, -0.05) is 38.4 Å². The van der Waals surface area contributed by atoms with Crippen LogP contribution in [0, 0.1) is 16.7 Å². The molecule has 9 nitrogen and oxygen atoms in total. The van der Waals surface area contributed by atoms with Gasteiger partial charge in [-0.3, -0.25) is 14.9 Å². The highest BCUT2D eigenvalue weighted by atomic mass is 35.5. The summed E-state index contributed by atoms with van der Waals surface area (Å²) in [6.07, 6.45) is 3.22. The second-order valence-electron chi connectivity index (χ2n) is 13.2. The van der Waals surface area contributed by atoms with E-state index in [0.29, 0.717) is 42.2 Å². The number of rotatable bonds is 9. The van der Waals surface area contributed by atoms with E-state index in [9.17, 15) is 14.9 Å². The quantitative estimate of drug-likeness (QED) is 0.198. The summed E-state index contributed by atoms with van der Waals surface area (Å²) in [6, 6.07) is 15.1. The van der Waals surface area contributed by atoms with Gasteiger partial charge in [-0.05, 0) is 94.1 Å². The van der Waals surface area contributed by atoms with Gasteiger partial charge in [0, 0.05) is 41.8 Å². The second kappa shape index (κ2) is 13.5. The van der Waals surface area contributed by atoms with Crippen LogP contribution < -0.4 is 16.0 Å². The van der Waals surface area contributed by atoms with Crippen LogP contribution in [0.4, 0.5) is 5.95 Å². The third-order valence-electron chi connectivity index (χ3n) is 8.55. The number of nitrogens with zero attached hydrogens (tertiary/aromatic N) is 4. The van der Waals surface area contributed by atoms with Crippen molar-refractivity contribution in [1.82, 2.24) is 25.1 Å². The molecule has 0 spiro atoms. The van der Waals surface area contributed by atoms with Gasteiger partial charge in [0.2, 0.25) is 5.95 Å². The van der Waals surface area contributed by atoms with E-state index in [1.54, 1.807) is 42.3 Å². The van der Waals surface area contributed by atoms with Crippen LogP contribution in [0.2, 0.25) is 5.02 Å². The molecule has 3 N–H and O–H groups in total. The van der Waals surface area contributed by atoms with Crippen LogP contribution in [-0.2, 0) is 11.3 Å². The maximum absolute atomic E-state index is 13.5. The monoisotopic (exact) mass is 617 g/mol. The molecule has 10 heteroatoms. The predicted molar refractivity (Wildman–Crippen MR) is 177 cm³/mol. The average molecular weight is 618 g/mol. The molecule has 2 atom stereocenters. The fraction of sp³-hybridized carbons (Fsp3) is 0.471. The van der Waals surface area contributed by atoms with Crippen LogP contribution in [0.25, 0.3) is 11.0 Å². The summed E-state index contributed by atoms with van der Waals surface area (Å²) in [6.45, 7) is 14.3. The first-order chi connectivity index (χ1) is 20.7. The maximum Gasteiger partial charge on any atom is 0.264 e. The number of anilines is 1. The van der Waals surface area contributed by atoms with Crippen LogP contribution >= 0.6 is 11.6 Å². The number of nitrogens with one attached hydrogen (secondary N) is 3. The van der Waals surface area contributed by atoms with Crippen molar-refractivity contribution in [2.75, 3.05) is 25.5 Å². The minimum Gasteiger partial charge on any atom is -0.336 e. The topological polar surface area (TPSA) is 115 Å². The molecule has 2 unspecified atom stereocenters. The number of carbonyl (C=O) groups excluding carboxylic acids is 2. The lowest BCUT2D eigenvalue weighted by Crippen LogP contribution is -2.42. The third-order valence-corrected chi connectivity index (χ3v) is 8.80. The summed E-state index contributed by atoms with van der Waals surface area (Å²) >= 11 is 6.04. The zero-order valence-electron chi connectivity index (χ0n) is 26.8. The lowest BCUT2D eigenvalue weighted by Gasteiger charge is -2.34. The van der Waals surface area contributed by atoms with Crippen LogP contribution in [0.3, 0.4) is 0 Å². The lowest BCUT2D eigenvalue weighted by molar-refractivity contribution is -0.128. The van der Waals surface area contributed by atoms with Crippen LogP contribution in [0.15, 0.2) is 54.1 Å². The van der Waals surface area contributed by atoms with E-state index in [2.05, 4.69) is 55.8 Å². The largest absolute Gasteiger partial charge is 0.336 e. The van der Waals surface area contributed by atoms with Gasteiger partial charge < -0.3 is 20.1 Å². The number of hydrogen-bond donors (Lipinski definition) is 3. The highest BCUT2D eigenvalue weighted by Crippen LogP contribution is 2.32. The first kappa shape index (κ1) is 33.2. The van der Waals surface area contributed by atoms with Crippen molar-refractivity contribution in [3.05, 3.63) is 70.3 Å². The molecule has 1 aliphatic rings. The van der Waals surface area contributed by atoms with Crippen molar-refractivity contribution < 1.29 is 9.59 Å². The van der Waals surface area contributed by atoms with Crippen LogP contribution in [0.5, 0.6) is 0 Å². The van der Waals surface area contributed by atoms with Crippen molar-refractivity contribution in [3.8, 4) is 6.07 Å². The molecule has 4 rings (SSSR count). The fourth-order valence-electron chi connectivity index (χ4n) is 5.16. The summed E-state index contributed by atoms with van der Waals surface area (Å²) < 4.78 is 2.03. The zero-order chi connectivity index (χ0) is 32.2. The number of carbonyl (C=O) groups is 2. The van der Waals surface area contributed by atoms with Crippen molar-refractivity contribution >= 4 is 40.4 Å². The molecule has 1 fully saturated rings. The SMILES string of the molecule is CNC(C)(C)C=C(C#N)C(=O)N1CCCC(n2c(NC(=O)c3ccc(Cl)cc3)nc3cc(CNC(C)C(C)(C)C)ccc32)C1. The maximum atomic E-state index is 13.5. The van der Waals surface area contributed by atoms with Gasteiger partial charge in [0.05, 0.1) is 17.1 Å². The fourth-order valence-corrected chi connectivity index (χ4v) is 5.29. The molecule has 0 aliphatic carbocycles. The van der Waals surface area contributed by atoms with Crippen molar-refractivity contribution in [1.29, 1.82) is 5.26 Å². The Labute approximate surface area is 265 Å². The highest BCUT2D eigenvalue weighted by molar-refractivity contribution is 6.30. The number of amides is 2. The number of nitriles is 1. The number of aromatic nitrogens is 2. The lowest BCUT2D eigenvalue weighted by atomic mass is 9.88. The summed E-state index contributed by atoms with van der Waals surface area (Å²) in [5.41, 5.74) is 2.91. The van der Waals surface area contributed by atoms with Crippen LogP contribution in [0.1, 0.15) is 76.3 Å². The molecule has 0 radical (unpaired) electrons. The number of piperidine rings is 1. The third kappa shape index (κ3) is 7.86. The number of halogens is 1. The Morgan fingerprint density at radius 3 is 2.50 bits per heavy atom. The number of imidazole rings is 1. The van der Waals surface area contributed by atoms with Gasteiger partial charge in [0.1, 0.15) is 11.6 Å². The van der Waals surface area contributed by atoms with Crippen molar-refractivity contribution in [2.45, 2.75) is 78.6 Å². The van der Waals surface area contributed by atoms with Crippen molar-refractivity contribution in [2.24, 2.45) is 5.41 Å². The standard InChI is InChI=1S/C34H44ClN7O2/c1-22(33(2,3)4)38-20-23-10-15-29-28(17-23)39-32(40-30(43)24-11-13-26(35)14-12-24)42(29)27-9-8-16-41(21-27)31(44)25(19-36)18-34(5,6)37-7/h10-15,17-18,22,27,37-38H,8-9,16,20-21H2,1-7H3,(H,39,40,43). The Kier molecular flexibility index (Phi) is 10.2. The van der Waals surface area contributed by atoms with E-state index in [1.165, 1.54) is 0 Å². The first-order valence-electron chi connectivity index (χ1n) is 15.1. The Hall–Kier alpha value is -3.71. The van der Waals surface area contributed by atoms with E-state index in [0.717, 1.165) is 29.4 Å². The second-order valence-corrected chi connectivity index (χ2v) is 13.7. The number of fused-ring (bicyclic) bond motifs is 1. The first-order valence-corrected chi connectivity index (χ1v) is 15.5. The highest BCUT2D eigenvalue weighted by Gasteiger charge is 2.31. The van der Waals surface area contributed by atoms with E-state index in [-0.39, 0.29) is 28.8 Å². The Bertz CT molecular complexity index is 1580. The van der Waals surface area contributed by atoms with E-state index >= 15 is 0 Å². The molecule has 2 amide bonds. The Balaban J connectivity index is 1.68. The van der Waals surface area contributed by atoms with Gasteiger partial charge in [-0.15, -0.1) is 0 Å². The summed E-state index contributed by atoms with van der Waals surface area (Å²) in [5, 5.41) is 20.1. The summed E-state index contributed by atoms with van der Waals surface area (Å²) in [4.78, 5) is 33.4. The normalized spacial score (nSPS) is 16.9.